The quantitative estimate of drug-likeness (QED) is 0.136. The molecule has 3 N–H and O–H groups in total. The third kappa shape index (κ3) is 4.59. The normalized spacial score (nSPS) is 9.08. The second-order valence-electron chi connectivity index (χ2n) is 2.01. The molecule has 0 rings (SSSR count). The van der Waals surface area contributed by atoms with Crippen LogP contribution >= 0.6 is 0 Å². The third-order valence-electron chi connectivity index (χ3n) is 1.09. The van der Waals surface area contributed by atoms with Crippen molar-refractivity contribution in [1.82, 2.24) is 5.43 Å². The van der Waals surface area contributed by atoms with Crippen molar-refractivity contribution in [1.29, 1.82) is 0 Å². The van der Waals surface area contributed by atoms with Gasteiger partial charge in [-0.3, -0.25) is 15.0 Å². The summed E-state index contributed by atoms with van der Waals surface area (Å²) in [5.41, 5.74) is 1.74. The number of amides is 1. The van der Waals surface area contributed by atoms with Crippen molar-refractivity contribution in [3.8, 4) is 0 Å². The lowest BCUT2D eigenvalue weighted by molar-refractivity contribution is -0.138. The molecule has 0 aliphatic heterocycles. The maximum absolute atomic E-state index is 10.7. The Labute approximate surface area is 70.5 Å². The summed E-state index contributed by atoms with van der Waals surface area (Å²) in [7, 11) is 0. The van der Waals surface area contributed by atoms with E-state index in [9.17, 15) is 9.59 Å². The fourth-order valence-electron chi connectivity index (χ4n) is 0.526. The van der Waals surface area contributed by atoms with Gasteiger partial charge in [0.1, 0.15) is 0 Å². The molecule has 0 fully saturated rings. The summed E-state index contributed by atoms with van der Waals surface area (Å²) >= 11 is 0. The van der Waals surface area contributed by atoms with Crippen LogP contribution in [0.4, 0.5) is 0 Å². The summed E-state index contributed by atoms with van der Waals surface area (Å²) in [6.45, 7) is 4.00. The highest BCUT2D eigenvalue weighted by Gasteiger charge is 2.10. The fourth-order valence-corrected chi connectivity index (χ4v) is 0.526. The van der Waals surface area contributed by atoms with Gasteiger partial charge in [-0.2, -0.15) is 0 Å². The van der Waals surface area contributed by atoms with Crippen LogP contribution in [-0.2, 0) is 14.3 Å². The molecule has 12 heavy (non-hydrogen) atoms. The van der Waals surface area contributed by atoms with Gasteiger partial charge in [-0.15, -0.1) is 6.58 Å². The van der Waals surface area contributed by atoms with Gasteiger partial charge in [0.25, 0.3) is 0 Å². The number of Topliss-reactive ketones (excluding diaryl/α,β-unsaturated/α-hetero) is 1. The summed E-state index contributed by atoms with van der Waals surface area (Å²) in [6, 6.07) is 0. The molecule has 0 aromatic rings. The highest BCUT2D eigenvalue weighted by molar-refractivity contribution is 6.35. The van der Waals surface area contributed by atoms with Gasteiger partial charge >= 0.3 is 5.91 Å². The van der Waals surface area contributed by atoms with Crippen molar-refractivity contribution in [2.24, 2.45) is 5.84 Å². The molecule has 1 amide bonds. The van der Waals surface area contributed by atoms with Crippen LogP contribution in [0.15, 0.2) is 12.7 Å². The molecular formula is C7H12N2O3. The Balaban J connectivity index is 3.44. The van der Waals surface area contributed by atoms with Crippen molar-refractivity contribution in [3.63, 3.8) is 0 Å². The lowest BCUT2D eigenvalue weighted by Crippen LogP contribution is -2.36. The Morgan fingerprint density at radius 1 is 1.58 bits per heavy atom. The monoisotopic (exact) mass is 172 g/mol. The zero-order valence-electron chi connectivity index (χ0n) is 6.71. The highest BCUT2D eigenvalue weighted by Crippen LogP contribution is 1.85. The molecule has 5 heteroatoms. The Morgan fingerprint density at radius 2 is 2.25 bits per heavy atom. The van der Waals surface area contributed by atoms with Gasteiger partial charge in [0, 0.05) is 6.42 Å². The van der Waals surface area contributed by atoms with E-state index in [-0.39, 0.29) is 13.0 Å². The van der Waals surface area contributed by atoms with Gasteiger partial charge in [0.2, 0.25) is 5.78 Å². The number of hydrogen-bond acceptors (Lipinski definition) is 4. The van der Waals surface area contributed by atoms with E-state index in [4.69, 9.17) is 10.6 Å². The van der Waals surface area contributed by atoms with Crippen LogP contribution in [0.3, 0.4) is 0 Å². The molecular weight excluding hydrogens is 160 g/mol. The maximum atomic E-state index is 10.7. The minimum Gasteiger partial charge on any atom is -0.377 e. The average molecular weight is 172 g/mol. The van der Waals surface area contributed by atoms with Gasteiger partial charge in [-0.1, -0.05) is 6.08 Å². The third-order valence-corrected chi connectivity index (χ3v) is 1.09. The molecule has 0 atom stereocenters. The van der Waals surface area contributed by atoms with Crippen LogP contribution in [0.5, 0.6) is 0 Å². The van der Waals surface area contributed by atoms with Crippen LogP contribution in [-0.4, -0.2) is 24.9 Å². The van der Waals surface area contributed by atoms with Crippen LogP contribution in [0.1, 0.15) is 6.42 Å². The molecule has 5 nitrogen and oxygen atoms in total. The zero-order chi connectivity index (χ0) is 9.40. The topological polar surface area (TPSA) is 81.4 Å². The second-order valence-corrected chi connectivity index (χ2v) is 2.01. The summed E-state index contributed by atoms with van der Waals surface area (Å²) in [5.74, 6) is 3.35. The molecule has 0 aliphatic carbocycles. The first-order chi connectivity index (χ1) is 5.72. The summed E-state index contributed by atoms with van der Waals surface area (Å²) < 4.78 is 4.89. The largest absolute Gasteiger partial charge is 0.377 e. The van der Waals surface area contributed by atoms with E-state index >= 15 is 0 Å². The summed E-state index contributed by atoms with van der Waals surface area (Å²) in [4.78, 5) is 21.3. The number of carbonyl (C=O) groups is 2. The Kier molecular flexibility index (Phi) is 5.86. The lowest BCUT2D eigenvalue weighted by Gasteiger charge is -1.99. The number of ketones is 1. The van der Waals surface area contributed by atoms with E-state index in [1.807, 2.05) is 0 Å². The van der Waals surface area contributed by atoms with Crippen LogP contribution in [0.25, 0.3) is 0 Å². The number of hydrazine groups is 1. The van der Waals surface area contributed by atoms with E-state index in [1.54, 1.807) is 11.5 Å². The van der Waals surface area contributed by atoms with E-state index < -0.39 is 11.7 Å². The Morgan fingerprint density at radius 3 is 2.75 bits per heavy atom. The highest BCUT2D eigenvalue weighted by atomic mass is 16.5. The first-order valence-corrected chi connectivity index (χ1v) is 3.44. The Bertz CT molecular complexity index is 179. The van der Waals surface area contributed by atoms with Crippen molar-refractivity contribution in [2.45, 2.75) is 6.42 Å². The summed E-state index contributed by atoms with van der Waals surface area (Å²) in [6.07, 6.45) is 1.60. The number of carbonyl (C=O) groups excluding carboxylic acids is 2. The fraction of sp³-hybridized carbons (Fsp3) is 0.429. The van der Waals surface area contributed by atoms with Gasteiger partial charge in [0.15, 0.2) is 0 Å². The smallest absolute Gasteiger partial charge is 0.301 e. The number of rotatable bonds is 6. The van der Waals surface area contributed by atoms with E-state index in [2.05, 4.69) is 6.58 Å². The van der Waals surface area contributed by atoms with E-state index in [0.717, 1.165) is 0 Å². The molecule has 68 valence electrons. The number of hydrogen-bond donors (Lipinski definition) is 2. The molecule has 0 aliphatic rings. The van der Waals surface area contributed by atoms with Crippen molar-refractivity contribution in [2.75, 3.05) is 13.2 Å². The van der Waals surface area contributed by atoms with E-state index in [0.29, 0.717) is 6.61 Å². The SMILES string of the molecule is C=CCOCCC(=O)C(=O)NN. The van der Waals surface area contributed by atoms with Crippen molar-refractivity contribution in [3.05, 3.63) is 12.7 Å². The van der Waals surface area contributed by atoms with Gasteiger partial charge in [0.05, 0.1) is 13.2 Å². The van der Waals surface area contributed by atoms with Crippen LogP contribution in [0.2, 0.25) is 0 Å². The van der Waals surface area contributed by atoms with Crippen LogP contribution in [0, 0.1) is 0 Å². The van der Waals surface area contributed by atoms with Gasteiger partial charge in [-0.05, 0) is 0 Å². The summed E-state index contributed by atoms with van der Waals surface area (Å²) in [5, 5.41) is 0. The lowest BCUT2D eigenvalue weighted by atomic mass is 10.3. The van der Waals surface area contributed by atoms with Gasteiger partial charge in [-0.25, -0.2) is 5.84 Å². The molecule has 0 radical (unpaired) electrons. The molecule has 0 spiro atoms. The van der Waals surface area contributed by atoms with Crippen molar-refractivity contribution >= 4 is 11.7 Å². The molecule has 0 unspecified atom stereocenters. The van der Waals surface area contributed by atoms with E-state index in [1.165, 1.54) is 0 Å². The second kappa shape index (κ2) is 6.51. The maximum Gasteiger partial charge on any atom is 0.301 e. The zero-order valence-corrected chi connectivity index (χ0v) is 6.71. The molecule has 0 heterocycles. The van der Waals surface area contributed by atoms with Crippen molar-refractivity contribution < 1.29 is 14.3 Å². The standard InChI is InChI=1S/C7H12N2O3/c1-2-4-12-5-3-6(10)7(11)9-8/h2H,1,3-5,8H2,(H,9,11). The number of nitrogens with one attached hydrogen (secondary N) is 1. The number of nitrogens with two attached hydrogens (primary N) is 1. The molecule has 0 aromatic heterocycles. The minimum absolute atomic E-state index is 0.0386. The van der Waals surface area contributed by atoms with Crippen LogP contribution < -0.4 is 11.3 Å². The predicted octanol–water partition coefficient (Wildman–Crippen LogP) is -0.862. The predicted molar refractivity (Wildman–Crippen MR) is 43.0 cm³/mol. The average Bonchev–Trinajstić information content (AvgIpc) is 2.10. The molecule has 0 aromatic carbocycles. The molecule has 0 bridgehead atoms. The first kappa shape index (κ1) is 10.8. The minimum atomic E-state index is -0.794. The number of ether oxygens (including phenoxy) is 1. The van der Waals surface area contributed by atoms with Gasteiger partial charge < -0.3 is 4.74 Å². The Hall–Kier alpha value is -1.20. The first-order valence-electron chi connectivity index (χ1n) is 3.44. The molecule has 0 saturated carbocycles. The molecule has 0 saturated heterocycles.